The van der Waals surface area contributed by atoms with Gasteiger partial charge in [-0.15, -0.1) is 9.60 Å². The van der Waals surface area contributed by atoms with E-state index < -0.39 is 6.09 Å². The fourth-order valence-corrected chi connectivity index (χ4v) is 2.89. The van der Waals surface area contributed by atoms with Gasteiger partial charge in [-0.3, -0.25) is 0 Å². The Morgan fingerprint density at radius 3 is 2.00 bits per heavy atom. The lowest BCUT2D eigenvalue weighted by Crippen LogP contribution is -2.66. The molecular weight excluding hydrogens is 192 g/mol. The smallest absolute Gasteiger partial charge is 0.434 e. The number of carbonyl (C=O) groups is 1. The van der Waals surface area contributed by atoms with Gasteiger partial charge in [-0.05, 0) is 32.1 Å². The van der Waals surface area contributed by atoms with E-state index in [1.54, 1.807) is 0 Å². The molecule has 2 aliphatic rings. The van der Waals surface area contributed by atoms with Gasteiger partial charge in [0.1, 0.15) is 13.1 Å². The Hall–Kier alpha value is -0.610. The van der Waals surface area contributed by atoms with Gasteiger partial charge in [-0.2, -0.15) is 4.79 Å². The van der Waals surface area contributed by atoms with E-state index in [0.717, 1.165) is 51.9 Å². The van der Waals surface area contributed by atoms with Crippen molar-refractivity contribution in [2.45, 2.75) is 38.5 Å². The SMILES string of the molecule is O=C(O)[N+]1(N2CCCCC2)CCCCC1. The fourth-order valence-electron chi connectivity index (χ4n) is 2.89. The molecule has 0 bridgehead atoms. The van der Waals surface area contributed by atoms with Gasteiger partial charge in [0.25, 0.3) is 0 Å². The number of likely N-dealkylation sites (tertiary alicyclic amines) is 1. The maximum absolute atomic E-state index is 11.5. The number of hydrogen-bond acceptors (Lipinski definition) is 2. The van der Waals surface area contributed by atoms with Crippen molar-refractivity contribution in [1.29, 1.82) is 0 Å². The third-order valence-corrected chi connectivity index (χ3v) is 3.79. The maximum atomic E-state index is 11.5. The maximum Gasteiger partial charge on any atom is 0.533 e. The highest BCUT2D eigenvalue weighted by Gasteiger charge is 2.45. The molecule has 4 nitrogen and oxygen atoms in total. The van der Waals surface area contributed by atoms with Crippen LogP contribution >= 0.6 is 0 Å². The molecule has 0 unspecified atom stereocenters. The molecule has 0 aromatic heterocycles. The van der Waals surface area contributed by atoms with Gasteiger partial charge in [0.15, 0.2) is 0 Å². The van der Waals surface area contributed by atoms with E-state index in [-0.39, 0.29) is 4.59 Å². The summed E-state index contributed by atoms with van der Waals surface area (Å²) < 4.78 is 0.222. The zero-order valence-electron chi connectivity index (χ0n) is 9.32. The summed E-state index contributed by atoms with van der Waals surface area (Å²) in [6.07, 6.45) is 6.25. The molecule has 1 amide bonds. The van der Waals surface area contributed by atoms with Crippen LogP contribution in [0.5, 0.6) is 0 Å². The quantitative estimate of drug-likeness (QED) is 0.678. The van der Waals surface area contributed by atoms with Crippen molar-refractivity contribution in [2.75, 3.05) is 26.2 Å². The first-order valence-corrected chi connectivity index (χ1v) is 6.12. The molecular formula is C11H21N2O2+. The van der Waals surface area contributed by atoms with Crippen LogP contribution in [-0.2, 0) is 0 Å². The van der Waals surface area contributed by atoms with Crippen LogP contribution in [0.3, 0.4) is 0 Å². The zero-order valence-corrected chi connectivity index (χ0v) is 9.32. The van der Waals surface area contributed by atoms with Crippen LogP contribution in [0.15, 0.2) is 0 Å². The predicted octanol–water partition coefficient (Wildman–Crippen LogP) is 2.07. The Bertz CT molecular complexity index is 231. The van der Waals surface area contributed by atoms with Crippen LogP contribution in [0.4, 0.5) is 4.79 Å². The van der Waals surface area contributed by atoms with Gasteiger partial charge in [-0.1, -0.05) is 6.42 Å². The van der Waals surface area contributed by atoms with Crippen molar-refractivity contribution < 1.29 is 14.5 Å². The number of carboxylic acid groups (broad SMARTS) is 1. The Morgan fingerprint density at radius 2 is 1.47 bits per heavy atom. The van der Waals surface area contributed by atoms with Crippen LogP contribution in [0, 0.1) is 0 Å². The average molecular weight is 213 g/mol. The van der Waals surface area contributed by atoms with Crippen LogP contribution in [-0.4, -0.2) is 47.0 Å². The molecule has 0 aliphatic carbocycles. The molecule has 0 spiro atoms. The molecule has 0 aromatic carbocycles. The van der Waals surface area contributed by atoms with Crippen LogP contribution < -0.4 is 0 Å². The lowest BCUT2D eigenvalue weighted by atomic mass is 10.1. The van der Waals surface area contributed by atoms with Crippen molar-refractivity contribution in [1.82, 2.24) is 5.01 Å². The third kappa shape index (κ3) is 2.01. The highest BCUT2D eigenvalue weighted by molar-refractivity contribution is 5.56. The minimum Gasteiger partial charge on any atom is -0.434 e. The molecule has 0 radical (unpaired) electrons. The van der Waals surface area contributed by atoms with Crippen molar-refractivity contribution in [3.05, 3.63) is 0 Å². The summed E-state index contributed by atoms with van der Waals surface area (Å²) in [5.74, 6) is 0. The second-order valence-corrected chi connectivity index (χ2v) is 4.73. The molecule has 2 heterocycles. The minimum absolute atomic E-state index is 0.222. The second-order valence-electron chi connectivity index (χ2n) is 4.73. The summed E-state index contributed by atoms with van der Waals surface area (Å²) in [5.41, 5.74) is 0. The molecule has 86 valence electrons. The van der Waals surface area contributed by atoms with E-state index in [9.17, 15) is 9.90 Å². The topological polar surface area (TPSA) is 40.5 Å². The normalized spacial score (nSPS) is 27.5. The lowest BCUT2D eigenvalue weighted by molar-refractivity contribution is -0.976. The summed E-state index contributed by atoms with van der Waals surface area (Å²) in [5, 5.41) is 11.7. The molecule has 0 atom stereocenters. The van der Waals surface area contributed by atoms with Gasteiger partial charge in [-0.25, -0.2) is 0 Å². The van der Waals surface area contributed by atoms with Gasteiger partial charge in [0.2, 0.25) is 0 Å². The highest BCUT2D eigenvalue weighted by Crippen LogP contribution is 2.25. The van der Waals surface area contributed by atoms with E-state index in [1.165, 1.54) is 12.8 Å². The van der Waals surface area contributed by atoms with Gasteiger partial charge < -0.3 is 5.11 Å². The first kappa shape index (κ1) is 10.9. The molecule has 2 saturated heterocycles. The molecule has 0 aromatic rings. The molecule has 2 aliphatic heterocycles. The largest absolute Gasteiger partial charge is 0.533 e. The van der Waals surface area contributed by atoms with E-state index in [4.69, 9.17) is 0 Å². The van der Waals surface area contributed by atoms with Gasteiger partial charge in [0.05, 0.1) is 0 Å². The van der Waals surface area contributed by atoms with E-state index in [0.29, 0.717) is 0 Å². The van der Waals surface area contributed by atoms with Crippen LogP contribution in [0.2, 0.25) is 0 Å². The summed E-state index contributed by atoms with van der Waals surface area (Å²) in [4.78, 5) is 11.5. The summed E-state index contributed by atoms with van der Waals surface area (Å²) in [6, 6.07) is 0. The zero-order chi connectivity index (χ0) is 10.7. The molecule has 2 rings (SSSR count). The monoisotopic (exact) mass is 213 g/mol. The van der Waals surface area contributed by atoms with Crippen molar-refractivity contribution in [3.8, 4) is 0 Å². The molecule has 0 saturated carbocycles. The van der Waals surface area contributed by atoms with E-state index >= 15 is 0 Å². The Balaban J connectivity index is 2.12. The first-order valence-electron chi connectivity index (χ1n) is 6.12. The number of quaternary nitrogens is 1. The number of hydrogen-bond donors (Lipinski definition) is 1. The molecule has 4 heteroatoms. The van der Waals surface area contributed by atoms with Crippen molar-refractivity contribution >= 4 is 6.09 Å². The number of rotatable bonds is 1. The Labute approximate surface area is 91.0 Å². The third-order valence-electron chi connectivity index (χ3n) is 3.79. The fraction of sp³-hybridized carbons (Fsp3) is 0.909. The lowest BCUT2D eigenvalue weighted by Gasteiger charge is -2.44. The van der Waals surface area contributed by atoms with Gasteiger partial charge >= 0.3 is 6.09 Å². The highest BCUT2D eigenvalue weighted by atomic mass is 16.4. The molecule has 2 fully saturated rings. The second kappa shape index (κ2) is 4.49. The number of nitrogens with zero attached hydrogens (tertiary/aromatic N) is 2. The summed E-state index contributed by atoms with van der Waals surface area (Å²) in [7, 11) is 0. The predicted molar refractivity (Wildman–Crippen MR) is 57.3 cm³/mol. The van der Waals surface area contributed by atoms with Crippen LogP contribution in [0.1, 0.15) is 38.5 Å². The van der Waals surface area contributed by atoms with E-state index in [1.807, 2.05) is 0 Å². The molecule has 15 heavy (non-hydrogen) atoms. The Kier molecular flexibility index (Phi) is 3.26. The number of piperidine rings is 2. The number of amides is 1. The van der Waals surface area contributed by atoms with Crippen molar-refractivity contribution in [2.24, 2.45) is 0 Å². The average Bonchev–Trinajstić information content (AvgIpc) is 2.31. The van der Waals surface area contributed by atoms with Gasteiger partial charge in [0, 0.05) is 13.1 Å². The summed E-state index contributed by atoms with van der Waals surface area (Å²) in [6.45, 7) is 3.53. The standard InChI is InChI=1S/C11H20N2O2/c14-11(15)13(9-5-2-6-10-13)12-7-3-1-4-8-12/h1-10H2/p+1. The summed E-state index contributed by atoms with van der Waals surface area (Å²) >= 11 is 0. The molecule has 1 N–H and O–H groups in total. The van der Waals surface area contributed by atoms with Crippen molar-refractivity contribution in [3.63, 3.8) is 0 Å². The minimum atomic E-state index is -0.642. The van der Waals surface area contributed by atoms with Crippen LogP contribution in [0.25, 0.3) is 0 Å². The van der Waals surface area contributed by atoms with E-state index in [2.05, 4.69) is 5.01 Å². The Morgan fingerprint density at radius 1 is 0.933 bits per heavy atom. The first-order chi connectivity index (χ1) is 7.26.